The molecule has 20 heavy (non-hydrogen) atoms. The molecule has 1 atom stereocenters. The number of aromatic nitrogens is 2. The van der Waals surface area contributed by atoms with Crippen molar-refractivity contribution in [1.29, 1.82) is 0 Å². The van der Waals surface area contributed by atoms with E-state index >= 15 is 0 Å². The molecule has 0 aliphatic heterocycles. The van der Waals surface area contributed by atoms with Gasteiger partial charge in [0.1, 0.15) is 6.04 Å². The molecule has 3 N–H and O–H groups in total. The monoisotopic (exact) mass is 292 g/mol. The first-order valence-electron chi connectivity index (χ1n) is 6.32. The SMILES string of the molecule is CC(C)n1cncc1C(Nc1ccccc1Cl)C(N)=O. The van der Waals surface area contributed by atoms with Crippen molar-refractivity contribution in [3.05, 3.63) is 47.5 Å². The summed E-state index contributed by atoms with van der Waals surface area (Å²) < 4.78 is 1.90. The Morgan fingerprint density at radius 2 is 2.10 bits per heavy atom. The van der Waals surface area contributed by atoms with Gasteiger partial charge in [0.15, 0.2) is 0 Å². The topological polar surface area (TPSA) is 72.9 Å². The number of para-hydroxylation sites is 1. The summed E-state index contributed by atoms with van der Waals surface area (Å²) in [5.41, 5.74) is 6.89. The number of primary amides is 1. The minimum atomic E-state index is -0.681. The molecule has 2 aromatic rings. The molecule has 0 saturated heterocycles. The predicted molar refractivity (Wildman–Crippen MR) is 79.6 cm³/mol. The zero-order valence-electron chi connectivity index (χ0n) is 11.4. The van der Waals surface area contributed by atoms with Crippen molar-refractivity contribution in [2.45, 2.75) is 25.9 Å². The first kappa shape index (κ1) is 14.4. The minimum absolute atomic E-state index is 0.183. The lowest BCUT2D eigenvalue weighted by Gasteiger charge is -2.20. The second-order valence-corrected chi connectivity index (χ2v) is 5.19. The standard InChI is InChI=1S/C14H17ClN4O/c1-9(2)19-8-17-7-12(19)13(14(16)20)18-11-6-4-3-5-10(11)15/h3-9,13,18H,1-2H3,(H2,16,20). The average molecular weight is 293 g/mol. The number of nitrogens with one attached hydrogen (secondary N) is 1. The summed E-state index contributed by atoms with van der Waals surface area (Å²) in [7, 11) is 0. The van der Waals surface area contributed by atoms with Crippen molar-refractivity contribution in [2.75, 3.05) is 5.32 Å². The summed E-state index contributed by atoms with van der Waals surface area (Å²) in [5, 5.41) is 3.61. The zero-order chi connectivity index (χ0) is 14.7. The van der Waals surface area contributed by atoms with Gasteiger partial charge in [0, 0.05) is 6.04 Å². The Balaban J connectivity index is 2.35. The lowest BCUT2D eigenvalue weighted by atomic mass is 10.1. The number of hydrogen-bond donors (Lipinski definition) is 2. The van der Waals surface area contributed by atoms with Crippen molar-refractivity contribution in [2.24, 2.45) is 5.73 Å². The summed E-state index contributed by atoms with van der Waals surface area (Å²) in [6.45, 7) is 4.03. The summed E-state index contributed by atoms with van der Waals surface area (Å²) >= 11 is 6.10. The number of halogens is 1. The number of imidazole rings is 1. The molecule has 0 aliphatic carbocycles. The number of hydrogen-bond acceptors (Lipinski definition) is 3. The highest BCUT2D eigenvalue weighted by molar-refractivity contribution is 6.33. The van der Waals surface area contributed by atoms with Crippen LogP contribution in [0.3, 0.4) is 0 Å². The molecule has 6 heteroatoms. The van der Waals surface area contributed by atoms with Crippen LogP contribution in [0.5, 0.6) is 0 Å². The molecule has 1 aromatic heterocycles. The summed E-state index contributed by atoms with van der Waals surface area (Å²) in [5.74, 6) is -0.479. The number of benzene rings is 1. The van der Waals surface area contributed by atoms with Gasteiger partial charge in [-0.25, -0.2) is 4.98 Å². The quantitative estimate of drug-likeness (QED) is 0.890. The maximum atomic E-state index is 11.8. The van der Waals surface area contributed by atoms with Crippen molar-refractivity contribution >= 4 is 23.2 Å². The molecule has 0 saturated carbocycles. The van der Waals surface area contributed by atoms with Gasteiger partial charge in [-0.1, -0.05) is 23.7 Å². The number of carbonyl (C=O) groups is 1. The molecule has 2 rings (SSSR count). The highest BCUT2D eigenvalue weighted by Gasteiger charge is 2.23. The molecule has 0 radical (unpaired) electrons. The maximum Gasteiger partial charge on any atom is 0.246 e. The molecule has 0 spiro atoms. The highest BCUT2D eigenvalue weighted by Crippen LogP contribution is 2.26. The van der Waals surface area contributed by atoms with Gasteiger partial charge in [0.05, 0.1) is 28.9 Å². The Morgan fingerprint density at radius 1 is 1.40 bits per heavy atom. The normalized spacial score (nSPS) is 12.4. The third-order valence-electron chi connectivity index (χ3n) is 3.01. The van der Waals surface area contributed by atoms with E-state index in [0.29, 0.717) is 16.4 Å². The molecular formula is C14H17ClN4O. The molecule has 5 nitrogen and oxygen atoms in total. The Kier molecular flexibility index (Phi) is 4.29. The van der Waals surface area contributed by atoms with E-state index < -0.39 is 11.9 Å². The number of rotatable bonds is 5. The van der Waals surface area contributed by atoms with Crippen LogP contribution in [-0.2, 0) is 4.79 Å². The van der Waals surface area contributed by atoms with E-state index in [1.807, 2.05) is 30.5 Å². The van der Waals surface area contributed by atoms with E-state index in [4.69, 9.17) is 17.3 Å². The Labute approximate surface area is 122 Å². The zero-order valence-corrected chi connectivity index (χ0v) is 12.1. The lowest BCUT2D eigenvalue weighted by molar-refractivity contribution is -0.119. The van der Waals surface area contributed by atoms with Gasteiger partial charge >= 0.3 is 0 Å². The van der Waals surface area contributed by atoms with E-state index in [0.717, 1.165) is 0 Å². The van der Waals surface area contributed by atoms with Crippen molar-refractivity contribution in [1.82, 2.24) is 9.55 Å². The molecule has 0 aliphatic rings. The van der Waals surface area contributed by atoms with Crippen LogP contribution in [0.25, 0.3) is 0 Å². The van der Waals surface area contributed by atoms with Crippen LogP contribution in [0.15, 0.2) is 36.8 Å². The Hall–Kier alpha value is -2.01. The molecule has 1 amide bonds. The summed E-state index contributed by atoms with van der Waals surface area (Å²) in [4.78, 5) is 15.9. The smallest absolute Gasteiger partial charge is 0.246 e. The van der Waals surface area contributed by atoms with Crippen molar-refractivity contribution < 1.29 is 4.79 Å². The van der Waals surface area contributed by atoms with Crippen LogP contribution >= 0.6 is 11.6 Å². The van der Waals surface area contributed by atoms with Gasteiger partial charge in [0.25, 0.3) is 0 Å². The van der Waals surface area contributed by atoms with Crippen LogP contribution in [0.4, 0.5) is 5.69 Å². The van der Waals surface area contributed by atoms with Gasteiger partial charge in [-0.15, -0.1) is 0 Å². The van der Waals surface area contributed by atoms with Crippen molar-refractivity contribution in [3.8, 4) is 0 Å². The molecular weight excluding hydrogens is 276 g/mol. The fraction of sp³-hybridized carbons (Fsp3) is 0.286. The second-order valence-electron chi connectivity index (χ2n) is 4.78. The first-order valence-corrected chi connectivity index (χ1v) is 6.70. The van der Waals surface area contributed by atoms with E-state index in [-0.39, 0.29) is 6.04 Å². The maximum absolute atomic E-state index is 11.8. The van der Waals surface area contributed by atoms with E-state index in [1.165, 1.54) is 0 Å². The molecule has 1 heterocycles. The molecule has 1 unspecified atom stereocenters. The van der Waals surface area contributed by atoms with E-state index in [2.05, 4.69) is 10.3 Å². The van der Waals surface area contributed by atoms with Crippen LogP contribution in [0.2, 0.25) is 5.02 Å². The third-order valence-corrected chi connectivity index (χ3v) is 3.34. The van der Waals surface area contributed by atoms with Gasteiger partial charge in [-0.3, -0.25) is 4.79 Å². The van der Waals surface area contributed by atoms with E-state index in [9.17, 15) is 4.79 Å². The number of nitrogens with zero attached hydrogens (tertiary/aromatic N) is 2. The summed E-state index contributed by atoms with van der Waals surface area (Å²) in [6.07, 6.45) is 3.32. The van der Waals surface area contributed by atoms with Gasteiger partial charge < -0.3 is 15.6 Å². The highest BCUT2D eigenvalue weighted by atomic mass is 35.5. The lowest BCUT2D eigenvalue weighted by Crippen LogP contribution is -2.30. The molecule has 0 fully saturated rings. The van der Waals surface area contributed by atoms with Crippen LogP contribution in [0, 0.1) is 0 Å². The van der Waals surface area contributed by atoms with Gasteiger partial charge in [0.2, 0.25) is 5.91 Å². The van der Waals surface area contributed by atoms with Crippen LogP contribution < -0.4 is 11.1 Å². The predicted octanol–water partition coefficient (Wildman–Crippen LogP) is 2.76. The Bertz CT molecular complexity index is 609. The summed E-state index contributed by atoms with van der Waals surface area (Å²) in [6, 6.07) is 6.72. The number of amides is 1. The third kappa shape index (κ3) is 2.93. The molecule has 0 bridgehead atoms. The second kappa shape index (κ2) is 5.96. The number of carbonyl (C=O) groups excluding carboxylic acids is 1. The fourth-order valence-electron chi connectivity index (χ4n) is 1.99. The van der Waals surface area contributed by atoms with Gasteiger partial charge in [-0.05, 0) is 26.0 Å². The molecule has 106 valence electrons. The molecule has 1 aromatic carbocycles. The van der Waals surface area contributed by atoms with Crippen LogP contribution in [0.1, 0.15) is 31.6 Å². The van der Waals surface area contributed by atoms with E-state index in [1.54, 1.807) is 24.7 Å². The number of anilines is 1. The average Bonchev–Trinajstić information content (AvgIpc) is 2.86. The first-order chi connectivity index (χ1) is 9.50. The van der Waals surface area contributed by atoms with Crippen molar-refractivity contribution in [3.63, 3.8) is 0 Å². The fourth-order valence-corrected chi connectivity index (χ4v) is 2.18. The largest absolute Gasteiger partial charge is 0.368 e. The Morgan fingerprint density at radius 3 is 2.70 bits per heavy atom. The number of nitrogens with two attached hydrogens (primary N) is 1. The minimum Gasteiger partial charge on any atom is -0.368 e. The van der Waals surface area contributed by atoms with Crippen LogP contribution in [-0.4, -0.2) is 15.5 Å². The van der Waals surface area contributed by atoms with Gasteiger partial charge in [-0.2, -0.15) is 0 Å².